The minimum atomic E-state index is 0.0760. The lowest BCUT2D eigenvalue weighted by Crippen LogP contribution is -2.42. The van der Waals surface area contributed by atoms with Gasteiger partial charge in [-0.2, -0.15) is 0 Å². The van der Waals surface area contributed by atoms with E-state index in [0.717, 1.165) is 43.8 Å². The van der Waals surface area contributed by atoms with Gasteiger partial charge in [-0.25, -0.2) is 0 Å². The van der Waals surface area contributed by atoms with Gasteiger partial charge in [-0.1, -0.05) is 36.4 Å². The van der Waals surface area contributed by atoms with Gasteiger partial charge in [0.25, 0.3) is 5.91 Å². The summed E-state index contributed by atoms with van der Waals surface area (Å²) in [6, 6.07) is 16.6. The first-order chi connectivity index (χ1) is 15.5. The predicted molar refractivity (Wildman–Crippen MR) is 129 cm³/mol. The first-order valence-corrected chi connectivity index (χ1v) is 11.8. The monoisotopic (exact) mass is 438 g/mol. The largest absolute Gasteiger partial charge is 0.493 e. The van der Waals surface area contributed by atoms with Gasteiger partial charge in [0.1, 0.15) is 5.75 Å². The maximum absolute atomic E-state index is 13.5. The molecule has 0 bridgehead atoms. The summed E-state index contributed by atoms with van der Waals surface area (Å²) in [6.07, 6.45) is 1.87. The first-order valence-electron chi connectivity index (χ1n) is 11.8. The topological polar surface area (TPSA) is 50.8 Å². The predicted octanol–water partition coefficient (Wildman–Crippen LogP) is 4.34. The molecule has 1 N–H and O–H groups in total. The van der Waals surface area contributed by atoms with Crippen LogP contribution >= 0.6 is 0 Å². The van der Waals surface area contributed by atoms with Crippen LogP contribution in [-0.2, 0) is 11.2 Å². The highest BCUT2D eigenvalue weighted by Gasteiger charge is 2.31. The molecule has 5 heteroatoms. The molecule has 2 aromatic carbocycles. The summed E-state index contributed by atoms with van der Waals surface area (Å²) in [5.41, 5.74) is 3.09. The Labute approximate surface area is 193 Å². The van der Waals surface area contributed by atoms with Crippen molar-refractivity contribution in [3.05, 3.63) is 65.2 Å². The number of hydrogen-bond donors (Lipinski definition) is 1. The molecule has 2 aromatic rings. The highest BCUT2D eigenvalue weighted by atomic mass is 16.5. The zero-order valence-electron chi connectivity index (χ0n) is 20.0. The molecule has 32 heavy (non-hydrogen) atoms. The van der Waals surface area contributed by atoms with Crippen molar-refractivity contribution in [2.75, 3.05) is 40.0 Å². The molecule has 0 spiro atoms. The zero-order chi connectivity index (χ0) is 22.9. The molecule has 0 saturated carbocycles. The van der Waals surface area contributed by atoms with Crippen molar-refractivity contribution in [3.63, 3.8) is 0 Å². The lowest BCUT2D eigenvalue weighted by atomic mass is 9.89. The van der Waals surface area contributed by atoms with E-state index in [4.69, 9.17) is 9.47 Å². The van der Waals surface area contributed by atoms with E-state index < -0.39 is 0 Å². The second kappa shape index (κ2) is 12.0. The van der Waals surface area contributed by atoms with Crippen molar-refractivity contribution >= 4 is 5.91 Å². The molecule has 0 aliphatic carbocycles. The van der Waals surface area contributed by atoms with Gasteiger partial charge in [-0.05, 0) is 75.4 Å². The van der Waals surface area contributed by atoms with E-state index in [2.05, 4.69) is 49.5 Å². The number of carbonyl (C=O) groups is 1. The van der Waals surface area contributed by atoms with Crippen LogP contribution in [0.1, 0.15) is 41.8 Å². The highest BCUT2D eigenvalue weighted by Crippen LogP contribution is 2.26. The molecule has 0 radical (unpaired) electrons. The normalized spacial score (nSPS) is 18.2. The van der Waals surface area contributed by atoms with Crippen LogP contribution in [0.5, 0.6) is 5.75 Å². The van der Waals surface area contributed by atoms with Crippen LogP contribution in [-0.4, -0.2) is 56.8 Å². The third-order valence-corrected chi connectivity index (χ3v) is 6.32. The number of nitrogens with zero attached hydrogens (tertiary/aromatic N) is 1. The summed E-state index contributed by atoms with van der Waals surface area (Å²) >= 11 is 0. The number of carbonyl (C=O) groups excluding carboxylic acids is 1. The molecule has 5 nitrogen and oxygen atoms in total. The second-order valence-electron chi connectivity index (χ2n) is 9.09. The van der Waals surface area contributed by atoms with Crippen LogP contribution in [0.3, 0.4) is 0 Å². The van der Waals surface area contributed by atoms with Crippen LogP contribution in [0.25, 0.3) is 0 Å². The fraction of sp³-hybridized carbons (Fsp3) is 0.519. The molecule has 1 aliphatic heterocycles. The molecule has 2 atom stereocenters. The molecule has 1 aliphatic rings. The second-order valence-corrected chi connectivity index (χ2v) is 9.09. The lowest BCUT2D eigenvalue weighted by molar-refractivity contribution is 0.0661. The molecule has 3 rings (SSSR count). The Hall–Kier alpha value is -2.37. The van der Waals surface area contributed by atoms with Crippen molar-refractivity contribution in [1.29, 1.82) is 0 Å². The number of ether oxygens (including phenoxy) is 2. The molecule has 0 aromatic heterocycles. The Bertz CT molecular complexity index is 853. The van der Waals surface area contributed by atoms with Gasteiger partial charge in [0.2, 0.25) is 0 Å². The molecule has 1 fully saturated rings. The van der Waals surface area contributed by atoms with E-state index in [-0.39, 0.29) is 11.9 Å². The van der Waals surface area contributed by atoms with Crippen LogP contribution in [0, 0.1) is 18.8 Å². The summed E-state index contributed by atoms with van der Waals surface area (Å²) in [7, 11) is 1.69. The maximum Gasteiger partial charge on any atom is 0.254 e. The maximum atomic E-state index is 13.5. The first kappa shape index (κ1) is 24.3. The fourth-order valence-electron chi connectivity index (χ4n) is 4.38. The van der Waals surface area contributed by atoms with E-state index in [1.165, 1.54) is 5.56 Å². The average Bonchev–Trinajstić information content (AvgIpc) is 3.22. The van der Waals surface area contributed by atoms with Crippen LogP contribution < -0.4 is 10.1 Å². The SMILES string of the molecule is COCCCOc1cc(C(=O)N(C[C@@H]2CNC[C@@H]2Cc2ccccc2)C(C)C)ccc1C. The van der Waals surface area contributed by atoms with Crippen molar-refractivity contribution in [1.82, 2.24) is 10.2 Å². The average molecular weight is 439 g/mol. The summed E-state index contributed by atoms with van der Waals surface area (Å²) in [6.45, 7) is 10.2. The molecule has 0 unspecified atom stereocenters. The van der Waals surface area contributed by atoms with E-state index in [9.17, 15) is 4.79 Å². The molecular weight excluding hydrogens is 400 g/mol. The van der Waals surface area contributed by atoms with Crippen LogP contribution in [0.4, 0.5) is 0 Å². The Kier molecular flexibility index (Phi) is 9.12. The van der Waals surface area contributed by atoms with Gasteiger partial charge in [0, 0.05) is 38.3 Å². The molecule has 1 heterocycles. The summed E-state index contributed by atoms with van der Waals surface area (Å²) in [4.78, 5) is 15.5. The number of rotatable bonds is 11. The number of methoxy groups -OCH3 is 1. The summed E-state index contributed by atoms with van der Waals surface area (Å²) < 4.78 is 11.0. The number of hydrogen-bond acceptors (Lipinski definition) is 4. The number of nitrogens with one attached hydrogen (secondary N) is 1. The lowest BCUT2D eigenvalue weighted by Gasteiger charge is -2.32. The molecule has 1 saturated heterocycles. The third kappa shape index (κ3) is 6.57. The standard InChI is InChI=1S/C27H38N2O3/c1-20(2)29(19-25-18-28-17-24(25)15-22-9-6-5-7-10-22)27(30)23-12-11-21(3)26(16-23)32-14-8-13-31-4/h5-7,9-12,16,20,24-25,28H,8,13-15,17-19H2,1-4H3/t24-,25-/m0/s1. The van der Waals surface area contributed by atoms with Gasteiger partial charge >= 0.3 is 0 Å². The highest BCUT2D eigenvalue weighted by molar-refractivity contribution is 5.95. The Morgan fingerprint density at radius 2 is 1.84 bits per heavy atom. The van der Waals surface area contributed by atoms with Gasteiger partial charge in [0.15, 0.2) is 0 Å². The quantitative estimate of drug-likeness (QED) is 0.530. The van der Waals surface area contributed by atoms with E-state index in [1.807, 2.05) is 30.0 Å². The van der Waals surface area contributed by atoms with Crippen LogP contribution in [0.15, 0.2) is 48.5 Å². The summed E-state index contributed by atoms with van der Waals surface area (Å²) in [5, 5.41) is 3.55. The van der Waals surface area contributed by atoms with Crippen LogP contribution in [0.2, 0.25) is 0 Å². The third-order valence-electron chi connectivity index (χ3n) is 6.32. The molecular formula is C27H38N2O3. The minimum Gasteiger partial charge on any atom is -0.493 e. The Morgan fingerprint density at radius 3 is 2.56 bits per heavy atom. The van der Waals surface area contributed by atoms with Gasteiger partial charge in [0.05, 0.1) is 6.61 Å². The minimum absolute atomic E-state index is 0.0760. The number of benzene rings is 2. The van der Waals surface area contributed by atoms with Gasteiger partial charge in [-0.15, -0.1) is 0 Å². The van der Waals surface area contributed by atoms with Gasteiger partial charge in [-0.3, -0.25) is 4.79 Å². The van der Waals surface area contributed by atoms with Crippen molar-refractivity contribution in [3.8, 4) is 5.75 Å². The van der Waals surface area contributed by atoms with E-state index in [0.29, 0.717) is 30.6 Å². The van der Waals surface area contributed by atoms with Gasteiger partial charge < -0.3 is 19.7 Å². The summed E-state index contributed by atoms with van der Waals surface area (Å²) in [5.74, 6) is 1.83. The molecule has 1 amide bonds. The number of amides is 1. The zero-order valence-corrected chi connectivity index (χ0v) is 20.0. The Balaban J connectivity index is 1.69. The smallest absolute Gasteiger partial charge is 0.254 e. The number of aryl methyl sites for hydroxylation is 1. The van der Waals surface area contributed by atoms with Crippen molar-refractivity contribution in [2.24, 2.45) is 11.8 Å². The van der Waals surface area contributed by atoms with E-state index in [1.54, 1.807) is 7.11 Å². The van der Waals surface area contributed by atoms with Crippen molar-refractivity contribution in [2.45, 2.75) is 39.7 Å². The van der Waals surface area contributed by atoms with E-state index >= 15 is 0 Å². The Morgan fingerprint density at radius 1 is 1.09 bits per heavy atom. The molecule has 174 valence electrons. The fourth-order valence-corrected chi connectivity index (χ4v) is 4.38. The van der Waals surface area contributed by atoms with Crippen molar-refractivity contribution < 1.29 is 14.3 Å².